The van der Waals surface area contributed by atoms with Gasteiger partial charge in [-0.05, 0) is 0 Å². The molecule has 0 N–H and O–H groups in total. The van der Waals surface area contributed by atoms with Crippen LogP contribution in [0.15, 0.2) is 0 Å². The standard InChI is InChI=1S/C7H19As/c1-5-8(4,6-2)7-3/h8H,5-7H2,1-4H3. The third-order valence-electron chi connectivity index (χ3n) is 2.56. The zero-order chi connectivity index (χ0) is 6.62. The van der Waals surface area contributed by atoms with E-state index in [-0.39, 0.29) is 0 Å². The van der Waals surface area contributed by atoms with Gasteiger partial charge in [0.2, 0.25) is 0 Å². The zero-order valence-corrected chi connectivity index (χ0v) is 8.72. The molecule has 0 aliphatic rings. The van der Waals surface area contributed by atoms with Crippen LogP contribution < -0.4 is 0 Å². The summed E-state index contributed by atoms with van der Waals surface area (Å²) in [7, 11) is 0. The molecule has 0 atom stereocenters. The van der Waals surface area contributed by atoms with Gasteiger partial charge in [-0.25, -0.2) is 0 Å². The van der Waals surface area contributed by atoms with Gasteiger partial charge in [0, 0.05) is 0 Å². The van der Waals surface area contributed by atoms with Gasteiger partial charge in [0.1, 0.15) is 0 Å². The van der Waals surface area contributed by atoms with Crippen molar-refractivity contribution >= 4 is 13.6 Å². The molecule has 0 aliphatic carbocycles. The van der Waals surface area contributed by atoms with Gasteiger partial charge in [0.25, 0.3) is 0 Å². The molecular weight excluding hydrogens is 159 g/mol. The number of rotatable bonds is 3. The van der Waals surface area contributed by atoms with Gasteiger partial charge in [-0.15, -0.1) is 0 Å². The molecule has 0 aromatic heterocycles. The summed E-state index contributed by atoms with van der Waals surface area (Å²) in [5, 5.41) is 4.52. The molecule has 0 spiro atoms. The first-order valence-corrected chi connectivity index (χ1v) is 10.2. The van der Waals surface area contributed by atoms with Gasteiger partial charge in [-0.2, -0.15) is 0 Å². The SMILES string of the molecule is CC[AsH](C)(CC)CC. The molecule has 0 aromatic carbocycles. The summed E-state index contributed by atoms with van der Waals surface area (Å²) in [5.74, 6) is 0. The molecule has 0 saturated heterocycles. The Bertz CT molecular complexity index is 47.1. The topological polar surface area (TPSA) is 0 Å². The molecule has 0 aromatic rings. The van der Waals surface area contributed by atoms with Crippen LogP contribution in [0.5, 0.6) is 0 Å². The van der Waals surface area contributed by atoms with Crippen molar-refractivity contribution in [2.75, 3.05) is 0 Å². The van der Waals surface area contributed by atoms with Crippen LogP contribution in [0.3, 0.4) is 0 Å². The van der Waals surface area contributed by atoms with E-state index in [1.807, 2.05) is 0 Å². The van der Waals surface area contributed by atoms with Crippen molar-refractivity contribution in [3.63, 3.8) is 0 Å². The Morgan fingerprint density at radius 3 is 1.12 bits per heavy atom. The molecule has 0 radical (unpaired) electrons. The van der Waals surface area contributed by atoms with E-state index in [9.17, 15) is 0 Å². The minimum absolute atomic E-state index is 1.12. The van der Waals surface area contributed by atoms with Gasteiger partial charge in [0.15, 0.2) is 0 Å². The molecule has 0 rings (SSSR count). The first-order valence-electron chi connectivity index (χ1n) is 3.68. The summed E-state index contributed by atoms with van der Waals surface area (Å²) in [5.41, 5.74) is 2.54. The predicted molar refractivity (Wildman–Crippen MR) is 44.5 cm³/mol. The van der Waals surface area contributed by atoms with E-state index in [0.29, 0.717) is 0 Å². The molecule has 0 amide bonds. The fraction of sp³-hybridized carbons (Fsp3) is 1.00. The van der Waals surface area contributed by atoms with Crippen molar-refractivity contribution in [1.29, 1.82) is 0 Å². The molecule has 0 saturated carbocycles. The van der Waals surface area contributed by atoms with Crippen LogP contribution in [0.1, 0.15) is 20.8 Å². The van der Waals surface area contributed by atoms with Gasteiger partial charge >= 0.3 is 55.7 Å². The zero-order valence-electron chi connectivity index (χ0n) is 6.62. The van der Waals surface area contributed by atoms with Crippen molar-refractivity contribution in [1.82, 2.24) is 0 Å². The fourth-order valence-electron chi connectivity index (χ4n) is 0.750. The Morgan fingerprint density at radius 2 is 1.12 bits per heavy atom. The summed E-state index contributed by atoms with van der Waals surface area (Å²) >= 11 is -1.12. The molecule has 52 valence electrons. The molecule has 0 aliphatic heterocycles. The second-order valence-electron chi connectivity index (χ2n) is 2.87. The Kier molecular flexibility index (Phi) is 3.81. The van der Waals surface area contributed by atoms with Crippen LogP contribution >= 0.6 is 0 Å². The van der Waals surface area contributed by atoms with Gasteiger partial charge in [-0.1, -0.05) is 0 Å². The van der Waals surface area contributed by atoms with E-state index in [1.165, 1.54) is 15.6 Å². The van der Waals surface area contributed by atoms with Crippen LogP contribution in [0.25, 0.3) is 0 Å². The minimum atomic E-state index is -1.12. The van der Waals surface area contributed by atoms with E-state index in [2.05, 4.69) is 26.5 Å². The predicted octanol–water partition coefficient (Wildman–Crippen LogP) is 2.86. The van der Waals surface area contributed by atoms with Crippen LogP contribution in [0.4, 0.5) is 0 Å². The van der Waals surface area contributed by atoms with Crippen LogP contribution in [-0.4, -0.2) is 13.6 Å². The van der Waals surface area contributed by atoms with Crippen LogP contribution in [0.2, 0.25) is 21.3 Å². The quantitative estimate of drug-likeness (QED) is 0.583. The molecule has 8 heavy (non-hydrogen) atoms. The van der Waals surface area contributed by atoms with E-state index in [1.54, 1.807) is 0 Å². The Balaban J connectivity index is 3.58. The van der Waals surface area contributed by atoms with Crippen molar-refractivity contribution in [3.8, 4) is 0 Å². The third kappa shape index (κ3) is 2.22. The molecule has 0 fully saturated rings. The third-order valence-corrected chi connectivity index (χ3v) is 13.3. The second-order valence-corrected chi connectivity index (χ2v) is 14.9. The summed E-state index contributed by atoms with van der Waals surface area (Å²) < 4.78 is 0. The average Bonchev–Trinajstić information content (AvgIpc) is 1.87. The summed E-state index contributed by atoms with van der Waals surface area (Å²) in [4.78, 5) is 0. The Labute approximate surface area is 56.1 Å². The van der Waals surface area contributed by atoms with Crippen LogP contribution in [-0.2, 0) is 0 Å². The van der Waals surface area contributed by atoms with E-state index < -0.39 is 13.6 Å². The summed E-state index contributed by atoms with van der Waals surface area (Å²) in [6.45, 7) is 7.06. The molecule has 1 heteroatoms. The van der Waals surface area contributed by atoms with Crippen molar-refractivity contribution in [3.05, 3.63) is 0 Å². The van der Waals surface area contributed by atoms with E-state index in [4.69, 9.17) is 0 Å². The van der Waals surface area contributed by atoms with Gasteiger partial charge in [-0.3, -0.25) is 0 Å². The first-order chi connectivity index (χ1) is 3.68. The van der Waals surface area contributed by atoms with Crippen LogP contribution in [0, 0.1) is 0 Å². The normalized spacial score (nSPS) is 14.0. The van der Waals surface area contributed by atoms with E-state index >= 15 is 0 Å². The summed E-state index contributed by atoms with van der Waals surface area (Å²) in [6.07, 6.45) is 0. The van der Waals surface area contributed by atoms with E-state index in [0.717, 1.165) is 0 Å². The van der Waals surface area contributed by atoms with Gasteiger partial charge in [0.05, 0.1) is 0 Å². The number of hydrogen-bond donors (Lipinski definition) is 0. The molecule has 0 nitrogen and oxygen atoms in total. The Morgan fingerprint density at radius 1 is 0.875 bits per heavy atom. The summed E-state index contributed by atoms with van der Waals surface area (Å²) in [6, 6.07) is 0. The Hall–Kier alpha value is 0.558. The number of hydrogen-bond acceptors (Lipinski definition) is 0. The van der Waals surface area contributed by atoms with Crippen molar-refractivity contribution in [2.45, 2.75) is 42.1 Å². The maximum absolute atomic E-state index is 2.54. The molecule has 0 bridgehead atoms. The molecular formula is C7H19As. The second kappa shape index (κ2) is 3.56. The average molecular weight is 178 g/mol. The van der Waals surface area contributed by atoms with Gasteiger partial charge < -0.3 is 0 Å². The van der Waals surface area contributed by atoms with Crippen molar-refractivity contribution < 1.29 is 0 Å². The molecule has 0 unspecified atom stereocenters. The first kappa shape index (κ1) is 8.56. The fourth-order valence-corrected chi connectivity index (χ4v) is 3.90. The molecule has 0 heterocycles. The maximum atomic E-state index is 2.54. The monoisotopic (exact) mass is 178 g/mol. The van der Waals surface area contributed by atoms with Crippen molar-refractivity contribution in [2.24, 2.45) is 0 Å².